The van der Waals surface area contributed by atoms with Crippen molar-refractivity contribution in [3.8, 4) is 0 Å². The molecule has 2 fully saturated rings. The lowest BCUT2D eigenvalue weighted by molar-refractivity contribution is 0.153. The summed E-state index contributed by atoms with van der Waals surface area (Å²) in [7, 11) is 0. The minimum Gasteiger partial charge on any atom is -0.311 e. The molecule has 1 saturated carbocycles. The van der Waals surface area contributed by atoms with E-state index in [2.05, 4.69) is 17.4 Å². The van der Waals surface area contributed by atoms with E-state index in [1.807, 2.05) is 12.1 Å². The van der Waals surface area contributed by atoms with E-state index < -0.39 is 0 Å². The number of halogens is 1. The molecule has 0 aromatic heterocycles. The van der Waals surface area contributed by atoms with Crippen LogP contribution >= 0.6 is 11.6 Å². The first kappa shape index (κ1) is 12.5. The first-order chi connectivity index (χ1) is 8.80. The molecule has 1 aliphatic carbocycles. The van der Waals surface area contributed by atoms with Gasteiger partial charge in [0.25, 0.3) is 0 Å². The Morgan fingerprint density at radius 1 is 1.00 bits per heavy atom. The fourth-order valence-electron chi connectivity index (χ4n) is 3.93. The van der Waals surface area contributed by atoms with Gasteiger partial charge >= 0.3 is 0 Å². The summed E-state index contributed by atoms with van der Waals surface area (Å²) in [4.78, 5) is 0. The Kier molecular flexibility index (Phi) is 3.63. The second kappa shape index (κ2) is 5.22. The molecule has 1 saturated heterocycles. The van der Waals surface area contributed by atoms with Crippen LogP contribution in [0, 0.1) is 0 Å². The van der Waals surface area contributed by atoms with Gasteiger partial charge in [-0.05, 0) is 49.9 Å². The third-order valence-corrected chi connectivity index (χ3v) is 5.08. The van der Waals surface area contributed by atoms with Crippen molar-refractivity contribution in [2.45, 2.75) is 56.4 Å². The minimum absolute atomic E-state index is 0.379. The van der Waals surface area contributed by atoms with E-state index in [1.54, 1.807) is 0 Å². The van der Waals surface area contributed by atoms with E-state index >= 15 is 0 Å². The fourth-order valence-corrected chi connectivity index (χ4v) is 4.06. The van der Waals surface area contributed by atoms with E-state index in [4.69, 9.17) is 11.6 Å². The number of hydrogen-bond donors (Lipinski definition) is 1. The standard InChI is InChI=1S/C16H22ClN/c17-14-8-6-13(7-9-14)15-5-4-12-18-16(15)10-2-1-3-11-16/h6-9,15,18H,1-5,10-12H2. The Balaban J connectivity index is 1.89. The van der Waals surface area contributed by atoms with Gasteiger partial charge in [0.1, 0.15) is 0 Å². The van der Waals surface area contributed by atoms with Crippen molar-refractivity contribution in [1.29, 1.82) is 0 Å². The number of benzene rings is 1. The average Bonchev–Trinajstić information content (AvgIpc) is 2.42. The lowest BCUT2D eigenvalue weighted by Crippen LogP contribution is -2.54. The fraction of sp³-hybridized carbons (Fsp3) is 0.625. The molecule has 1 unspecified atom stereocenters. The van der Waals surface area contributed by atoms with Gasteiger partial charge in [-0.25, -0.2) is 0 Å². The lowest BCUT2D eigenvalue weighted by atomic mass is 9.67. The molecule has 1 N–H and O–H groups in total. The maximum absolute atomic E-state index is 6.01. The zero-order valence-corrected chi connectivity index (χ0v) is 11.7. The highest BCUT2D eigenvalue weighted by molar-refractivity contribution is 6.30. The molecule has 1 aromatic carbocycles. The highest BCUT2D eigenvalue weighted by Crippen LogP contribution is 2.44. The summed E-state index contributed by atoms with van der Waals surface area (Å²) in [5.74, 6) is 0.684. The number of nitrogens with one attached hydrogen (secondary N) is 1. The van der Waals surface area contributed by atoms with Crippen LogP contribution in [-0.2, 0) is 0 Å². The van der Waals surface area contributed by atoms with Gasteiger partial charge in [0.2, 0.25) is 0 Å². The minimum atomic E-state index is 0.379. The Hall–Kier alpha value is -0.530. The van der Waals surface area contributed by atoms with Crippen molar-refractivity contribution < 1.29 is 0 Å². The molecular weight excluding hydrogens is 242 g/mol. The summed E-state index contributed by atoms with van der Waals surface area (Å²) in [6, 6.07) is 8.55. The SMILES string of the molecule is Clc1ccc(C2CCCNC23CCCCC3)cc1. The molecule has 1 heterocycles. The molecule has 0 bridgehead atoms. The molecule has 18 heavy (non-hydrogen) atoms. The lowest BCUT2D eigenvalue weighted by Gasteiger charge is -2.48. The molecule has 2 heteroatoms. The van der Waals surface area contributed by atoms with Crippen molar-refractivity contribution in [2.75, 3.05) is 6.54 Å². The van der Waals surface area contributed by atoms with Crippen LogP contribution in [0.4, 0.5) is 0 Å². The molecule has 0 amide bonds. The zero-order valence-electron chi connectivity index (χ0n) is 10.9. The van der Waals surface area contributed by atoms with Crippen LogP contribution in [-0.4, -0.2) is 12.1 Å². The molecule has 1 atom stereocenters. The van der Waals surface area contributed by atoms with Crippen LogP contribution in [0.2, 0.25) is 5.02 Å². The Labute approximate surface area is 115 Å². The smallest absolute Gasteiger partial charge is 0.0406 e. The van der Waals surface area contributed by atoms with E-state index in [1.165, 1.54) is 57.1 Å². The summed E-state index contributed by atoms with van der Waals surface area (Å²) < 4.78 is 0. The van der Waals surface area contributed by atoms with Crippen molar-refractivity contribution in [2.24, 2.45) is 0 Å². The van der Waals surface area contributed by atoms with Crippen LogP contribution in [0.1, 0.15) is 56.4 Å². The second-order valence-electron chi connectivity index (χ2n) is 5.89. The predicted molar refractivity (Wildman–Crippen MR) is 77.2 cm³/mol. The average molecular weight is 264 g/mol. The van der Waals surface area contributed by atoms with E-state index in [9.17, 15) is 0 Å². The molecule has 1 aromatic rings. The number of hydrogen-bond acceptors (Lipinski definition) is 1. The van der Waals surface area contributed by atoms with Crippen molar-refractivity contribution in [3.63, 3.8) is 0 Å². The second-order valence-corrected chi connectivity index (χ2v) is 6.33. The summed E-state index contributed by atoms with van der Waals surface area (Å²) in [5.41, 5.74) is 1.86. The number of rotatable bonds is 1. The molecule has 2 aliphatic rings. The van der Waals surface area contributed by atoms with E-state index in [0.717, 1.165) is 5.02 Å². The summed E-state index contributed by atoms with van der Waals surface area (Å²) in [6.07, 6.45) is 9.51. The summed E-state index contributed by atoms with van der Waals surface area (Å²) in [5, 5.41) is 4.71. The molecule has 1 aliphatic heterocycles. The van der Waals surface area contributed by atoms with Crippen LogP contribution in [0.3, 0.4) is 0 Å². The van der Waals surface area contributed by atoms with Gasteiger partial charge in [-0.15, -0.1) is 0 Å². The van der Waals surface area contributed by atoms with Gasteiger partial charge in [-0.1, -0.05) is 43.0 Å². The molecule has 1 nitrogen and oxygen atoms in total. The monoisotopic (exact) mass is 263 g/mol. The molecule has 0 radical (unpaired) electrons. The topological polar surface area (TPSA) is 12.0 Å². The molecular formula is C16H22ClN. The van der Waals surface area contributed by atoms with E-state index in [-0.39, 0.29) is 0 Å². The van der Waals surface area contributed by atoms with Crippen LogP contribution in [0.25, 0.3) is 0 Å². The Morgan fingerprint density at radius 2 is 1.72 bits per heavy atom. The van der Waals surface area contributed by atoms with Gasteiger partial charge in [0.15, 0.2) is 0 Å². The van der Waals surface area contributed by atoms with E-state index in [0.29, 0.717) is 11.5 Å². The number of piperidine rings is 1. The normalized spacial score (nSPS) is 27.3. The summed E-state index contributed by atoms with van der Waals surface area (Å²) >= 11 is 6.01. The quantitative estimate of drug-likeness (QED) is 0.786. The molecule has 98 valence electrons. The van der Waals surface area contributed by atoms with Gasteiger partial charge in [-0.2, -0.15) is 0 Å². The van der Waals surface area contributed by atoms with Gasteiger partial charge < -0.3 is 5.32 Å². The van der Waals surface area contributed by atoms with Crippen molar-refractivity contribution >= 4 is 11.6 Å². The maximum Gasteiger partial charge on any atom is 0.0406 e. The highest BCUT2D eigenvalue weighted by atomic mass is 35.5. The Bertz CT molecular complexity index is 384. The van der Waals surface area contributed by atoms with Crippen molar-refractivity contribution in [1.82, 2.24) is 5.32 Å². The first-order valence-corrected chi connectivity index (χ1v) is 7.68. The van der Waals surface area contributed by atoms with Gasteiger partial charge in [0, 0.05) is 16.5 Å². The zero-order chi connectivity index (χ0) is 12.4. The maximum atomic E-state index is 6.01. The molecule has 1 spiro atoms. The largest absolute Gasteiger partial charge is 0.311 e. The molecule has 3 rings (SSSR count). The van der Waals surface area contributed by atoms with Crippen LogP contribution in [0.5, 0.6) is 0 Å². The van der Waals surface area contributed by atoms with Gasteiger partial charge in [0.05, 0.1) is 0 Å². The first-order valence-electron chi connectivity index (χ1n) is 7.31. The third kappa shape index (κ3) is 2.31. The van der Waals surface area contributed by atoms with Crippen LogP contribution < -0.4 is 5.32 Å². The predicted octanol–water partition coefficient (Wildman–Crippen LogP) is 4.51. The van der Waals surface area contributed by atoms with Crippen LogP contribution in [0.15, 0.2) is 24.3 Å². The van der Waals surface area contributed by atoms with Crippen molar-refractivity contribution in [3.05, 3.63) is 34.9 Å². The third-order valence-electron chi connectivity index (χ3n) is 4.83. The van der Waals surface area contributed by atoms with Gasteiger partial charge in [-0.3, -0.25) is 0 Å². The Morgan fingerprint density at radius 3 is 2.44 bits per heavy atom. The summed E-state index contributed by atoms with van der Waals surface area (Å²) in [6.45, 7) is 1.20. The highest BCUT2D eigenvalue weighted by Gasteiger charge is 2.41.